The molecule has 3 aromatic rings. The lowest BCUT2D eigenvalue weighted by Gasteiger charge is -2.32. The SMILES string of the molecule is CC(C)NC(=O)[C@@H](C)N(Cc1ccc(Br)cc1)C(=O)CN(c1cccc(Br)c1)S(=O)(=O)c1ccccc1. The van der Waals surface area contributed by atoms with Crippen LogP contribution < -0.4 is 9.62 Å². The van der Waals surface area contributed by atoms with Crippen LogP contribution >= 0.6 is 31.9 Å². The van der Waals surface area contributed by atoms with E-state index in [1.165, 1.54) is 17.0 Å². The molecule has 0 radical (unpaired) electrons. The van der Waals surface area contributed by atoms with E-state index in [4.69, 9.17) is 0 Å². The van der Waals surface area contributed by atoms with Crippen molar-refractivity contribution < 1.29 is 18.0 Å². The Bertz CT molecular complexity index is 1330. The van der Waals surface area contributed by atoms with Gasteiger partial charge in [0.2, 0.25) is 11.8 Å². The highest BCUT2D eigenvalue weighted by Crippen LogP contribution is 2.27. The first-order valence-corrected chi connectivity index (χ1v) is 14.7. The van der Waals surface area contributed by atoms with E-state index in [0.717, 1.165) is 14.3 Å². The third-order valence-electron chi connectivity index (χ3n) is 5.57. The molecule has 0 saturated carbocycles. The summed E-state index contributed by atoms with van der Waals surface area (Å²) in [5, 5.41) is 2.84. The molecule has 196 valence electrons. The Hall–Kier alpha value is -2.69. The van der Waals surface area contributed by atoms with Crippen molar-refractivity contribution in [2.75, 3.05) is 10.8 Å². The standard InChI is InChI=1S/C27H29Br2N3O4S/c1-19(2)30-27(34)20(3)31(17-21-12-14-22(28)15-13-21)26(33)18-32(24-9-7-8-23(29)16-24)37(35,36)25-10-5-4-6-11-25/h4-16,19-20H,17-18H2,1-3H3,(H,30,34)/t20-/m1/s1. The van der Waals surface area contributed by atoms with Gasteiger partial charge in [-0.1, -0.05) is 68.3 Å². The molecule has 7 nitrogen and oxygen atoms in total. The number of rotatable bonds is 10. The average molecular weight is 651 g/mol. The van der Waals surface area contributed by atoms with Gasteiger partial charge in [-0.25, -0.2) is 8.42 Å². The van der Waals surface area contributed by atoms with Crippen LogP contribution in [0.3, 0.4) is 0 Å². The molecule has 0 fully saturated rings. The topological polar surface area (TPSA) is 86.8 Å². The molecule has 0 aliphatic heterocycles. The van der Waals surface area contributed by atoms with E-state index in [1.54, 1.807) is 49.4 Å². The quantitative estimate of drug-likeness (QED) is 0.321. The molecule has 37 heavy (non-hydrogen) atoms. The van der Waals surface area contributed by atoms with E-state index >= 15 is 0 Å². The fourth-order valence-electron chi connectivity index (χ4n) is 3.65. The van der Waals surface area contributed by atoms with Crippen LogP contribution in [0.25, 0.3) is 0 Å². The molecule has 0 aromatic heterocycles. The number of anilines is 1. The van der Waals surface area contributed by atoms with Crippen molar-refractivity contribution in [3.05, 3.63) is 93.4 Å². The molecular formula is C27H29Br2N3O4S. The number of nitrogens with one attached hydrogen (secondary N) is 1. The molecule has 0 heterocycles. The second-order valence-electron chi connectivity index (χ2n) is 8.79. The highest BCUT2D eigenvalue weighted by molar-refractivity contribution is 9.10. The van der Waals surface area contributed by atoms with Gasteiger partial charge < -0.3 is 10.2 Å². The predicted octanol–water partition coefficient (Wildman–Crippen LogP) is 5.35. The van der Waals surface area contributed by atoms with Gasteiger partial charge in [0.05, 0.1) is 10.6 Å². The van der Waals surface area contributed by atoms with Gasteiger partial charge in [-0.15, -0.1) is 0 Å². The first kappa shape index (κ1) is 28.9. The largest absolute Gasteiger partial charge is 0.352 e. The molecule has 0 unspecified atom stereocenters. The highest BCUT2D eigenvalue weighted by Gasteiger charge is 2.32. The molecule has 2 amide bonds. The zero-order chi connectivity index (χ0) is 27.2. The molecule has 1 N–H and O–H groups in total. The predicted molar refractivity (Wildman–Crippen MR) is 153 cm³/mol. The first-order valence-electron chi connectivity index (χ1n) is 11.7. The lowest BCUT2D eigenvalue weighted by Crippen LogP contribution is -2.52. The van der Waals surface area contributed by atoms with Crippen LogP contribution in [-0.4, -0.2) is 43.8 Å². The number of nitrogens with zero attached hydrogens (tertiary/aromatic N) is 2. The van der Waals surface area contributed by atoms with E-state index in [2.05, 4.69) is 37.2 Å². The Kier molecular flexibility index (Phi) is 9.92. The number of carbonyl (C=O) groups excluding carboxylic acids is 2. The summed E-state index contributed by atoms with van der Waals surface area (Å²) in [6, 6.07) is 21.2. The Balaban J connectivity index is 2.01. The molecule has 10 heteroatoms. The third kappa shape index (κ3) is 7.66. The number of benzene rings is 3. The van der Waals surface area contributed by atoms with Crippen molar-refractivity contribution in [1.29, 1.82) is 0 Å². The summed E-state index contributed by atoms with van der Waals surface area (Å²) in [6.07, 6.45) is 0. The number of hydrogen-bond donors (Lipinski definition) is 1. The van der Waals surface area contributed by atoms with Crippen LogP contribution in [0.15, 0.2) is 92.7 Å². The minimum atomic E-state index is -4.08. The minimum Gasteiger partial charge on any atom is -0.352 e. The summed E-state index contributed by atoms with van der Waals surface area (Å²) in [6.45, 7) is 4.98. The first-order chi connectivity index (χ1) is 17.5. The van der Waals surface area contributed by atoms with Crippen molar-refractivity contribution in [3.63, 3.8) is 0 Å². The van der Waals surface area contributed by atoms with Crippen molar-refractivity contribution in [2.24, 2.45) is 0 Å². The molecule has 0 saturated heterocycles. The van der Waals surface area contributed by atoms with Crippen LogP contribution in [0.1, 0.15) is 26.3 Å². The van der Waals surface area contributed by atoms with Crippen LogP contribution in [0.5, 0.6) is 0 Å². The zero-order valence-corrected chi connectivity index (χ0v) is 24.8. The molecule has 0 aliphatic carbocycles. The Morgan fingerprint density at radius 3 is 2.11 bits per heavy atom. The van der Waals surface area contributed by atoms with E-state index < -0.39 is 28.5 Å². The number of hydrogen-bond acceptors (Lipinski definition) is 4. The van der Waals surface area contributed by atoms with Crippen molar-refractivity contribution in [2.45, 2.75) is 44.3 Å². The molecule has 3 rings (SSSR count). The lowest BCUT2D eigenvalue weighted by atomic mass is 10.1. The van der Waals surface area contributed by atoms with Crippen LogP contribution in [0.2, 0.25) is 0 Å². The molecule has 0 aliphatic rings. The van der Waals surface area contributed by atoms with Gasteiger partial charge in [-0.3, -0.25) is 13.9 Å². The summed E-state index contributed by atoms with van der Waals surface area (Å²) >= 11 is 6.80. The number of halogens is 2. The maximum atomic E-state index is 13.8. The van der Waals surface area contributed by atoms with Gasteiger partial charge in [-0.2, -0.15) is 0 Å². The van der Waals surface area contributed by atoms with Crippen LogP contribution in [0.4, 0.5) is 5.69 Å². The average Bonchev–Trinajstić information content (AvgIpc) is 2.86. The molecule has 0 bridgehead atoms. The number of amides is 2. The van der Waals surface area contributed by atoms with E-state index in [0.29, 0.717) is 10.2 Å². The normalized spacial score (nSPS) is 12.2. The van der Waals surface area contributed by atoms with E-state index in [9.17, 15) is 18.0 Å². The Morgan fingerprint density at radius 1 is 0.865 bits per heavy atom. The van der Waals surface area contributed by atoms with Gasteiger partial charge in [0.1, 0.15) is 12.6 Å². The maximum absolute atomic E-state index is 13.8. The van der Waals surface area contributed by atoms with Crippen LogP contribution in [-0.2, 0) is 26.2 Å². The third-order valence-corrected chi connectivity index (χ3v) is 8.38. The smallest absolute Gasteiger partial charge is 0.264 e. The Labute approximate surface area is 235 Å². The molecule has 3 aromatic carbocycles. The summed E-state index contributed by atoms with van der Waals surface area (Å²) in [4.78, 5) is 28.2. The molecular weight excluding hydrogens is 622 g/mol. The van der Waals surface area contributed by atoms with Crippen molar-refractivity contribution in [1.82, 2.24) is 10.2 Å². The van der Waals surface area contributed by atoms with Crippen molar-refractivity contribution >= 4 is 59.4 Å². The van der Waals surface area contributed by atoms with Gasteiger partial charge >= 0.3 is 0 Å². The second-order valence-corrected chi connectivity index (χ2v) is 12.5. The zero-order valence-electron chi connectivity index (χ0n) is 20.8. The maximum Gasteiger partial charge on any atom is 0.264 e. The van der Waals surface area contributed by atoms with Crippen molar-refractivity contribution in [3.8, 4) is 0 Å². The fraction of sp³-hybridized carbons (Fsp3) is 0.259. The van der Waals surface area contributed by atoms with E-state index in [1.807, 2.05) is 38.1 Å². The summed E-state index contributed by atoms with van der Waals surface area (Å²) in [5.74, 6) is -0.825. The molecule has 1 atom stereocenters. The number of sulfonamides is 1. The van der Waals surface area contributed by atoms with Gasteiger partial charge in [0, 0.05) is 21.5 Å². The van der Waals surface area contributed by atoms with Gasteiger partial charge in [-0.05, 0) is 68.8 Å². The second kappa shape index (κ2) is 12.7. The monoisotopic (exact) mass is 649 g/mol. The lowest BCUT2D eigenvalue weighted by molar-refractivity contribution is -0.139. The molecule has 0 spiro atoms. The number of carbonyl (C=O) groups is 2. The minimum absolute atomic E-state index is 0.0628. The van der Waals surface area contributed by atoms with Crippen LogP contribution in [0, 0.1) is 0 Å². The van der Waals surface area contributed by atoms with E-state index in [-0.39, 0.29) is 23.4 Å². The summed E-state index contributed by atoms with van der Waals surface area (Å²) in [5.41, 5.74) is 1.13. The fourth-order valence-corrected chi connectivity index (χ4v) is 5.73. The van der Waals surface area contributed by atoms with Gasteiger partial charge in [0.15, 0.2) is 0 Å². The summed E-state index contributed by atoms with van der Waals surface area (Å²) < 4.78 is 30.0. The Morgan fingerprint density at radius 2 is 1.51 bits per heavy atom. The summed E-state index contributed by atoms with van der Waals surface area (Å²) in [7, 11) is -4.08. The van der Waals surface area contributed by atoms with Gasteiger partial charge in [0.25, 0.3) is 10.0 Å². The highest BCUT2D eigenvalue weighted by atomic mass is 79.9.